The zero-order valence-electron chi connectivity index (χ0n) is 14.1. The van der Waals surface area contributed by atoms with Crippen LogP contribution in [-0.4, -0.2) is 15.3 Å². The van der Waals surface area contributed by atoms with Crippen LogP contribution in [0, 0.1) is 5.82 Å². The number of nitrogens with zero attached hydrogens (tertiary/aromatic N) is 2. The minimum Gasteiger partial charge on any atom is -0.348 e. The minimum atomic E-state index is -0.534. The summed E-state index contributed by atoms with van der Waals surface area (Å²) in [6, 6.07) is 6.23. The van der Waals surface area contributed by atoms with Crippen LogP contribution in [0.25, 0.3) is 4.96 Å². The molecule has 1 N–H and O–H groups in total. The third kappa shape index (κ3) is 3.03. The van der Waals surface area contributed by atoms with Crippen molar-refractivity contribution >= 4 is 22.2 Å². The predicted octanol–water partition coefficient (Wildman–Crippen LogP) is 3.09. The molecule has 1 aliphatic carbocycles. The standard InChI is InChI=1S/C19H18FN3O2S/c20-14-7-5-4-6-12(14)10-21-17(24)13-11-22-19-23(18(13)25)15-8-2-1-3-9-16(15)26-19/h4-7,11H,1-3,8-10H2,(H,21,24). The number of halogens is 1. The number of nitrogens with one attached hydrogen (secondary N) is 1. The molecule has 1 aliphatic rings. The Morgan fingerprint density at radius 1 is 1.23 bits per heavy atom. The van der Waals surface area contributed by atoms with Gasteiger partial charge in [0.25, 0.3) is 11.5 Å². The Labute approximate surface area is 153 Å². The summed E-state index contributed by atoms with van der Waals surface area (Å²) in [5, 5.41) is 2.62. The van der Waals surface area contributed by atoms with Crippen molar-refractivity contribution in [2.24, 2.45) is 0 Å². The highest BCUT2D eigenvalue weighted by Crippen LogP contribution is 2.27. The SMILES string of the molecule is O=C(NCc1ccccc1F)c1cnc2sc3c(n2c1=O)CCCCC3. The summed E-state index contributed by atoms with van der Waals surface area (Å²) in [4.78, 5) is 31.5. The van der Waals surface area contributed by atoms with E-state index in [9.17, 15) is 14.0 Å². The highest BCUT2D eigenvalue weighted by molar-refractivity contribution is 7.17. The fourth-order valence-electron chi connectivity index (χ4n) is 3.31. The lowest BCUT2D eigenvalue weighted by molar-refractivity contribution is 0.0948. The number of carbonyl (C=O) groups is 1. The van der Waals surface area contributed by atoms with E-state index in [-0.39, 0.29) is 23.5 Å². The topological polar surface area (TPSA) is 63.5 Å². The van der Waals surface area contributed by atoms with Gasteiger partial charge in [0.15, 0.2) is 4.96 Å². The first-order chi connectivity index (χ1) is 12.6. The molecule has 26 heavy (non-hydrogen) atoms. The predicted molar refractivity (Wildman–Crippen MR) is 98.2 cm³/mol. The van der Waals surface area contributed by atoms with Crippen molar-refractivity contribution in [3.63, 3.8) is 0 Å². The quantitative estimate of drug-likeness (QED) is 0.720. The van der Waals surface area contributed by atoms with E-state index in [4.69, 9.17) is 0 Å². The molecule has 2 aromatic heterocycles. The van der Waals surface area contributed by atoms with Crippen molar-refractivity contribution < 1.29 is 9.18 Å². The first-order valence-corrected chi connectivity index (χ1v) is 9.50. The molecule has 0 saturated carbocycles. The van der Waals surface area contributed by atoms with E-state index in [1.54, 1.807) is 22.6 Å². The Morgan fingerprint density at radius 2 is 2.04 bits per heavy atom. The van der Waals surface area contributed by atoms with Gasteiger partial charge in [-0.15, -0.1) is 11.3 Å². The summed E-state index contributed by atoms with van der Waals surface area (Å²) < 4.78 is 15.3. The summed E-state index contributed by atoms with van der Waals surface area (Å²) in [5.41, 5.74) is 1.01. The summed E-state index contributed by atoms with van der Waals surface area (Å²) in [6.07, 6.45) is 6.41. The first-order valence-electron chi connectivity index (χ1n) is 8.69. The summed E-state index contributed by atoms with van der Waals surface area (Å²) in [7, 11) is 0. The van der Waals surface area contributed by atoms with Crippen molar-refractivity contribution in [1.82, 2.24) is 14.7 Å². The van der Waals surface area contributed by atoms with Crippen LogP contribution >= 0.6 is 11.3 Å². The number of rotatable bonds is 3. The second-order valence-corrected chi connectivity index (χ2v) is 7.46. The average Bonchev–Trinajstić information content (AvgIpc) is 2.84. The molecule has 1 aromatic carbocycles. The van der Waals surface area contributed by atoms with Gasteiger partial charge in [0.1, 0.15) is 11.4 Å². The van der Waals surface area contributed by atoms with E-state index < -0.39 is 5.91 Å². The van der Waals surface area contributed by atoms with E-state index in [1.807, 2.05) is 0 Å². The Bertz CT molecular complexity index is 1040. The Morgan fingerprint density at radius 3 is 2.88 bits per heavy atom. The molecule has 0 atom stereocenters. The van der Waals surface area contributed by atoms with E-state index in [1.165, 1.54) is 28.5 Å². The fraction of sp³-hybridized carbons (Fsp3) is 0.316. The smallest absolute Gasteiger partial charge is 0.271 e. The molecule has 0 bridgehead atoms. The van der Waals surface area contributed by atoms with Crippen LogP contribution in [0.15, 0.2) is 35.3 Å². The molecule has 0 spiro atoms. The number of amides is 1. The largest absolute Gasteiger partial charge is 0.348 e. The van der Waals surface area contributed by atoms with E-state index in [2.05, 4.69) is 10.3 Å². The Balaban J connectivity index is 1.65. The van der Waals surface area contributed by atoms with Crippen LogP contribution in [0.4, 0.5) is 4.39 Å². The number of fused-ring (bicyclic) bond motifs is 3. The maximum absolute atomic E-state index is 13.7. The van der Waals surface area contributed by atoms with Gasteiger partial charge in [0.2, 0.25) is 0 Å². The molecule has 0 unspecified atom stereocenters. The number of carbonyl (C=O) groups excluding carboxylic acids is 1. The average molecular weight is 371 g/mol. The third-order valence-corrected chi connectivity index (χ3v) is 5.85. The van der Waals surface area contributed by atoms with Gasteiger partial charge in [0.05, 0.1) is 0 Å². The molecule has 1 amide bonds. The number of benzene rings is 1. The van der Waals surface area contributed by atoms with Crippen molar-refractivity contribution in [3.05, 3.63) is 68.3 Å². The van der Waals surface area contributed by atoms with E-state index in [0.717, 1.165) is 37.8 Å². The second kappa shape index (κ2) is 6.99. The number of aryl methyl sites for hydroxylation is 2. The number of aromatic nitrogens is 2. The number of hydrogen-bond acceptors (Lipinski definition) is 4. The van der Waals surface area contributed by atoms with Crippen molar-refractivity contribution in [2.45, 2.75) is 38.6 Å². The van der Waals surface area contributed by atoms with Gasteiger partial charge in [-0.05, 0) is 31.7 Å². The monoisotopic (exact) mass is 371 g/mol. The summed E-state index contributed by atoms with van der Waals surface area (Å²) >= 11 is 1.53. The lowest BCUT2D eigenvalue weighted by Gasteiger charge is -2.07. The molecule has 5 nitrogen and oxygen atoms in total. The van der Waals surface area contributed by atoms with Gasteiger partial charge in [0, 0.05) is 28.9 Å². The van der Waals surface area contributed by atoms with Gasteiger partial charge < -0.3 is 5.32 Å². The number of thiazole rings is 1. The zero-order chi connectivity index (χ0) is 18.1. The first kappa shape index (κ1) is 16.9. The molecule has 2 heterocycles. The molecular formula is C19H18FN3O2S. The third-order valence-electron chi connectivity index (χ3n) is 4.69. The molecular weight excluding hydrogens is 353 g/mol. The van der Waals surface area contributed by atoms with Gasteiger partial charge in [-0.25, -0.2) is 9.37 Å². The molecule has 134 valence electrons. The second-order valence-electron chi connectivity index (χ2n) is 6.40. The van der Waals surface area contributed by atoms with Crippen LogP contribution in [0.2, 0.25) is 0 Å². The van der Waals surface area contributed by atoms with Crippen molar-refractivity contribution in [3.8, 4) is 0 Å². The molecule has 3 aromatic rings. The highest BCUT2D eigenvalue weighted by atomic mass is 32.1. The van der Waals surface area contributed by atoms with Crippen LogP contribution in [0.1, 0.15) is 45.8 Å². The summed E-state index contributed by atoms with van der Waals surface area (Å²) in [5.74, 6) is -0.921. The van der Waals surface area contributed by atoms with Gasteiger partial charge in [-0.2, -0.15) is 0 Å². The highest BCUT2D eigenvalue weighted by Gasteiger charge is 2.20. The minimum absolute atomic E-state index is 0.0105. The van der Waals surface area contributed by atoms with Crippen LogP contribution in [-0.2, 0) is 19.4 Å². The molecule has 0 saturated heterocycles. The lowest BCUT2D eigenvalue weighted by atomic mass is 10.2. The van der Waals surface area contributed by atoms with Crippen LogP contribution in [0.5, 0.6) is 0 Å². The van der Waals surface area contributed by atoms with E-state index in [0.29, 0.717) is 10.5 Å². The molecule has 0 radical (unpaired) electrons. The molecule has 0 aliphatic heterocycles. The fourth-order valence-corrected chi connectivity index (χ4v) is 4.48. The van der Waals surface area contributed by atoms with E-state index >= 15 is 0 Å². The maximum Gasteiger partial charge on any atom is 0.271 e. The van der Waals surface area contributed by atoms with Gasteiger partial charge >= 0.3 is 0 Å². The summed E-state index contributed by atoms with van der Waals surface area (Å²) in [6.45, 7) is 0.0232. The maximum atomic E-state index is 13.7. The van der Waals surface area contributed by atoms with Crippen molar-refractivity contribution in [2.75, 3.05) is 0 Å². The Kier molecular flexibility index (Phi) is 4.55. The van der Waals surface area contributed by atoms with Crippen LogP contribution < -0.4 is 10.9 Å². The Hall–Kier alpha value is -2.54. The van der Waals surface area contributed by atoms with Crippen LogP contribution in [0.3, 0.4) is 0 Å². The zero-order valence-corrected chi connectivity index (χ0v) is 14.9. The molecule has 4 rings (SSSR count). The van der Waals surface area contributed by atoms with Gasteiger partial charge in [-0.1, -0.05) is 24.6 Å². The van der Waals surface area contributed by atoms with Crippen molar-refractivity contribution in [1.29, 1.82) is 0 Å². The lowest BCUT2D eigenvalue weighted by Crippen LogP contribution is -2.31. The number of hydrogen-bond donors (Lipinski definition) is 1. The normalized spacial score (nSPS) is 14.0. The van der Waals surface area contributed by atoms with Gasteiger partial charge in [-0.3, -0.25) is 14.0 Å². The molecule has 7 heteroatoms. The molecule has 0 fully saturated rings.